The Morgan fingerprint density at radius 3 is 1.16 bits per heavy atom. The van der Waals surface area contributed by atoms with Crippen molar-refractivity contribution in [1.29, 1.82) is 0 Å². The van der Waals surface area contributed by atoms with Crippen molar-refractivity contribution in [3.05, 3.63) is 164 Å². The van der Waals surface area contributed by atoms with Crippen LogP contribution in [0.15, 0.2) is 164 Å². The number of hydrogen-bond acceptors (Lipinski definition) is 0. The molecule has 0 amide bonds. The molecule has 10 rings (SSSR count). The van der Waals surface area contributed by atoms with Gasteiger partial charge in [-0.3, -0.25) is 0 Å². The monoisotopic (exact) mass is 569 g/mol. The van der Waals surface area contributed by atoms with Crippen molar-refractivity contribution in [2.75, 3.05) is 0 Å². The Morgan fingerprint density at radius 2 is 0.644 bits per heavy atom. The molecule has 1 heteroatoms. The molecule has 0 N–H and O–H groups in total. The van der Waals surface area contributed by atoms with Gasteiger partial charge >= 0.3 is 0 Å². The molecule has 10 aromatic rings. The van der Waals surface area contributed by atoms with Crippen LogP contribution in [0.25, 0.3) is 92.5 Å². The second-order valence-corrected chi connectivity index (χ2v) is 12.1. The molecule has 0 saturated heterocycles. The molecule has 1 aromatic heterocycles. The van der Waals surface area contributed by atoms with E-state index >= 15 is 0 Å². The molecule has 0 radical (unpaired) electrons. The van der Waals surface area contributed by atoms with Crippen LogP contribution in [0.2, 0.25) is 0 Å². The van der Waals surface area contributed by atoms with E-state index in [1.807, 2.05) is 0 Å². The lowest BCUT2D eigenvalue weighted by Crippen LogP contribution is -1.93. The van der Waals surface area contributed by atoms with E-state index in [9.17, 15) is 0 Å². The van der Waals surface area contributed by atoms with Gasteiger partial charge in [-0.05, 0) is 95.3 Å². The molecule has 0 fully saturated rings. The van der Waals surface area contributed by atoms with Crippen LogP contribution >= 0.6 is 0 Å². The minimum atomic E-state index is 1.17. The van der Waals surface area contributed by atoms with E-state index in [4.69, 9.17) is 0 Å². The van der Waals surface area contributed by atoms with Crippen molar-refractivity contribution in [2.24, 2.45) is 0 Å². The van der Waals surface area contributed by atoms with Crippen LogP contribution in [0.3, 0.4) is 0 Å². The highest BCUT2D eigenvalue weighted by Gasteiger charge is 2.16. The lowest BCUT2D eigenvalue weighted by molar-refractivity contribution is 1.18. The average Bonchev–Trinajstić information content (AvgIpc) is 3.46. The Labute approximate surface area is 260 Å². The highest BCUT2D eigenvalue weighted by Crippen LogP contribution is 2.44. The van der Waals surface area contributed by atoms with Crippen LogP contribution in [0.1, 0.15) is 0 Å². The molecule has 0 saturated carbocycles. The number of hydrogen-bond donors (Lipinski definition) is 0. The van der Waals surface area contributed by atoms with Crippen molar-refractivity contribution in [1.82, 2.24) is 4.57 Å². The summed E-state index contributed by atoms with van der Waals surface area (Å²) in [6.07, 6.45) is 0. The molecule has 1 heterocycles. The van der Waals surface area contributed by atoms with E-state index < -0.39 is 0 Å². The molecule has 0 aliphatic rings. The van der Waals surface area contributed by atoms with Gasteiger partial charge < -0.3 is 4.57 Å². The van der Waals surface area contributed by atoms with Crippen molar-refractivity contribution in [3.8, 4) is 16.8 Å². The quantitative estimate of drug-likeness (QED) is 0.183. The van der Waals surface area contributed by atoms with E-state index in [2.05, 4.69) is 168 Å². The van der Waals surface area contributed by atoms with Gasteiger partial charge in [-0.1, -0.05) is 133 Å². The second-order valence-electron chi connectivity index (χ2n) is 12.1. The van der Waals surface area contributed by atoms with Gasteiger partial charge in [0.15, 0.2) is 0 Å². The summed E-state index contributed by atoms with van der Waals surface area (Å²) in [6.45, 7) is 0. The van der Waals surface area contributed by atoms with Crippen LogP contribution in [0.4, 0.5) is 0 Å². The molecule has 0 aliphatic carbocycles. The number of benzene rings is 9. The molecule has 1 nitrogen and oxygen atoms in total. The third-order valence-electron chi connectivity index (χ3n) is 9.75. The summed E-state index contributed by atoms with van der Waals surface area (Å²) in [5, 5.41) is 15.7. The SMILES string of the molecule is c1ccc2c(c1)c1ccccc1c1c3ccc(-c4ccc(-n5c6ccccc6c6ccccc65)cc4)cc3c3ccccc3c21. The van der Waals surface area contributed by atoms with Gasteiger partial charge in [0.25, 0.3) is 0 Å². The van der Waals surface area contributed by atoms with Gasteiger partial charge in [-0.25, -0.2) is 0 Å². The number of aromatic nitrogens is 1. The predicted octanol–water partition coefficient (Wildman–Crippen LogP) is 12.2. The molecule has 0 spiro atoms. The maximum Gasteiger partial charge on any atom is 0.0541 e. The lowest BCUT2D eigenvalue weighted by atomic mass is 9.86. The minimum absolute atomic E-state index is 1.17. The van der Waals surface area contributed by atoms with Crippen molar-refractivity contribution in [3.63, 3.8) is 0 Å². The molecule has 0 unspecified atom stereocenters. The fourth-order valence-corrected chi connectivity index (χ4v) is 7.81. The van der Waals surface area contributed by atoms with Crippen LogP contribution in [-0.2, 0) is 0 Å². The number of fused-ring (bicyclic) bond motifs is 14. The molecule has 0 aliphatic heterocycles. The summed E-state index contributed by atoms with van der Waals surface area (Å²) in [5.41, 5.74) is 6.08. The smallest absolute Gasteiger partial charge is 0.0541 e. The molecule has 208 valence electrons. The first kappa shape index (κ1) is 24.5. The summed E-state index contributed by atoms with van der Waals surface area (Å²) in [7, 11) is 0. The number of nitrogens with zero attached hydrogens (tertiary/aromatic N) is 1. The molecule has 9 aromatic carbocycles. The van der Waals surface area contributed by atoms with Gasteiger partial charge in [0.2, 0.25) is 0 Å². The van der Waals surface area contributed by atoms with Gasteiger partial charge in [0, 0.05) is 16.5 Å². The fourth-order valence-electron chi connectivity index (χ4n) is 7.81. The molecular formula is C44H27N. The molecular weight excluding hydrogens is 542 g/mol. The largest absolute Gasteiger partial charge is 0.309 e. The summed E-state index contributed by atoms with van der Waals surface area (Å²) in [5.74, 6) is 0. The first-order valence-corrected chi connectivity index (χ1v) is 15.6. The Bertz CT molecular complexity index is 2750. The zero-order valence-electron chi connectivity index (χ0n) is 24.5. The first-order valence-electron chi connectivity index (χ1n) is 15.6. The maximum absolute atomic E-state index is 2.40. The average molecular weight is 570 g/mol. The molecule has 45 heavy (non-hydrogen) atoms. The van der Waals surface area contributed by atoms with E-state index in [-0.39, 0.29) is 0 Å². The van der Waals surface area contributed by atoms with E-state index in [0.29, 0.717) is 0 Å². The lowest BCUT2D eigenvalue weighted by Gasteiger charge is -2.17. The number of para-hydroxylation sites is 2. The number of rotatable bonds is 2. The third-order valence-corrected chi connectivity index (χ3v) is 9.75. The minimum Gasteiger partial charge on any atom is -0.309 e. The summed E-state index contributed by atoms with van der Waals surface area (Å²) >= 11 is 0. The van der Waals surface area contributed by atoms with E-state index in [1.54, 1.807) is 0 Å². The van der Waals surface area contributed by atoms with Crippen LogP contribution in [-0.4, -0.2) is 4.57 Å². The summed E-state index contributed by atoms with van der Waals surface area (Å²) in [4.78, 5) is 0. The normalized spacial score (nSPS) is 12.0. The Morgan fingerprint density at radius 1 is 0.267 bits per heavy atom. The maximum atomic E-state index is 2.40. The highest BCUT2D eigenvalue weighted by atomic mass is 15.0. The first-order chi connectivity index (χ1) is 22.3. The molecule has 0 bridgehead atoms. The van der Waals surface area contributed by atoms with Crippen LogP contribution in [0.5, 0.6) is 0 Å². The standard InChI is InChI=1S/C44H27N/c1-4-16-36-31(11-1)32-12-2-5-17-37(32)44-39-26-23-29(27-40(39)33-13-3-6-18-38(33)43(36)44)28-21-24-30(25-22-28)45-41-19-9-7-14-34(41)35-15-8-10-20-42(35)45/h1-27H. The van der Waals surface area contributed by atoms with E-state index in [0.717, 1.165) is 0 Å². The zero-order chi connectivity index (χ0) is 29.5. The fraction of sp³-hybridized carbons (Fsp3) is 0. The summed E-state index contributed by atoms with van der Waals surface area (Å²) < 4.78 is 2.38. The van der Waals surface area contributed by atoms with Gasteiger partial charge in [-0.15, -0.1) is 0 Å². The van der Waals surface area contributed by atoms with Gasteiger partial charge in [0.05, 0.1) is 11.0 Å². The Balaban J connectivity index is 1.22. The van der Waals surface area contributed by atoms with Gasteiger partial charge in [-0.2, -0.15) is 0 Å². The zero-order valence-corrected chi connectivity index (χ0v) is 24.5. The van der Waals surface area contributed by atoms with E-state index in [1.165, 1.54) is 92.5 Å². The summed E-state index contributed by atoms with van der Waals surface area (Å²) in [6, 6.07) is 60.2. The van der Waals surface area contributed by atoms with Gasteiger partial charge in [0.1, 0.15) is 0 Å². The molecule has 0 atom stereocenters. The van der Waals surface area contributed by atoms with Crippen molar-refractivity contribution >= 4 is 75.7 Å². The third kappa shape index (κ3) is 3.44. The van der Waals surface area contributed by atoms with Crippen LogP contribution in [0, 0.1) is 0 Å². The topological polar surface area (TPSA) is 4.93 Å². The van der Waals surface area contributed by atoms with Crippen LogP contribution < -0.4 is 0 Å². The second kappa shape index (κ2) is 9.29. The van der Waals surface area contributed by atoms with Crippen molar-refractivity contribution < 1.29 is 0 Å². The van der Waals surface area contributed by atoms with Crippen molar-refractivity contribution in [2.45, 2.75) is 0 Å². The highest BCUT2D eigenvalue weighted by molar-refractivity contribution is 6.39. The predicted molar refractivity (Wildman–Crippen MR) is 194 cm³/mol. The Kier molecular flexibility index (Phi) is 5.06. The Hall–Kier alpha value is -5.92.